The number of rotatable bonds is 5. The molecule has 26 heavy (non-hydrogen) atoms. The van der Waals surface area contributed by atoms with Crippen LogP contribution in [0.5, 0.6) is 0 Å². The molecule has 1 aliphatic heterocycles. The fourth-order valence-corrected chi connectivity index (χ4v) is 3.23. The van der Waals surface area contributed by atoms with Crippen LogP contribution >= 0.6 is 0 Å². The summed E-state index contributed by atoms with van der Waals surface area (Å²) in [6.45, 7) is 5.46. The molecular weight excluding hydrogens is 333 g/mol. The molecule has 0 N–H and O–H groups in total. The maximum Gasteiger partial charge on any atom is 0.239 e. The van der Waals surface area contributed by atoms with Crippen molar-refractivity contribution in [2.75, 3.05) is 38.1 Å². The molecule has 1 fully saturated rings. The number of piperazine rings is 1. The molecule has 2 aromatic rings. The summed E-state index contributed by atoms with van der Waals surface area (Å²) in [7, 11) is 1.76. The van der Waals surface area contributed by atoms with Gasteiger partial charge in [0.1, 0.15) is 5.82 Å². The molecule has 1 atom stereocenters. The van der Waals surface area contributed by atoms with Crippen LogP contribution in [0.1, 0.15) is 12.5 Å². The normalized spacial score (nSPS) is 16.3. The topological polar surface area (TPSA) is 52.6 Å². The Morgan fingerprint density at radius 3 is 2.54 bits per heavy atom. The third-order valence-electron chi connectivity index (χ3n) is 4.74. The fraction of sp³-hybridized carbons (Fsp3) is 0.421. The van der Waals surface area contributed by atoms with Gasteiger partial charge in [0.2, 0.25) is 11.9 Å². The second kappa shape index (κ2) is 8.23. The van der Waals surface area contributed by atoms with E-state index in [1.165, 1.54) is 12.1 Å². The first-order valence-corrected chi connectivity index (χ1v) is 8.80. The standard InChI is InChI=1S/C19H24FN5O/c1-15(18(26)23(2)14-16-5-3-6-17(20)13-16)24-9-11-25(12-10-24)19-21-7-4-8-22-19/h3-8,13,15H,9-12,14H2,1-2H3/t15-/m1/s1. The van der Waals surface area contributed by atoms with Gasteiger partial charge < -0.3 is 9.80 Å². The average molecular weight is 357 g/mol. The maximum absolute atomic E-state index is 13.3. The van der Waals surface area contributed by atoms with Gasteiger partial charge in [0.15, 0.2) is 0 Å². The quantitative estimate of drug-likeness (QED) is 0.817. The van der Waals surface area contributed by atoms with Crippen LogP contribution in [0.25, 0.3) is 0 Å². The van der Waals surface area contributed by atoms with E-state index < -0.39 is 0 Å². The molecule has 3 rings (SSSR count). The number of nitrogens with zero attached hydrogens (tertiary/aromatic N) is 5. The highest BCUT2D eigenvalue weighted by Gasteiger charge is 2.28. The van der Waals surface area contributed by atoms with E-state index in [-0.39, 0.29) is 17.8 Å². The highest BCUT2D eigenvalue weighted by Crippen LogP contribution is 2.14. The van der Waals surface area contributed by atoms with Gasteiger partial charge in [-0.1, -0.05) is 12.1 Å². The summed E-state index contributed by atoms with van der Waals surface area (Å²) in [6.07, 6.45) is 3.48. The molecule has 0 unspecified atom stereocenters. The molecule has 7 heteroatoms. The van der Waals surface area contributed by atoms with Gasteiger partial charge in [-0.05, 0) is 30.7 Å². The number of amides is 1. The van der Waals surface area contributed by atoms with E-state index in [0.29, 0.717) is 6.54 Å². The number of anilines is 1. The third-order valence-corrected chi connectivity index (χ3v) is 4.74. The number of carbonyl (C=O) groups is 1. The van der Waals surface area contributed by atoms with E-state index in [0.717, 1.165) is 37.7 Å². The van der Waals surface area contributed by atoms with Crippen LogP contribution < -0.4 is 4.90 Å². The summed E-state index contributed by atoms with van der Waals surface area (Å²) >= 11 is 0. The molecular formula is C19H24FN5O. The van der Waals surface area contributed by atoms with Crippen molar-refractivity contribution in [1.29, 1.82) is 0 Å². The molecule has 1 amide bonds. The number of likely N-dealkylation sites (N-methyl/N-ethyl adjacent to an activating group) is 1. The summed E-state index contributed by atoms with van der Waals surface area (Å²) in [4.78, 5) is 27.3. The minimum absolute atomic E-state index is 0.0404. The van der Waals surface area contributed by atoms with E-state index in [2.05, 4.69) is 19.8 Å². The lowest BCUT2D eigenvalue weighted by atomic mass is 10.1. The number of hydrogen-bond donors (Lipinski definition) is 0. The van der Waals surface area contributed by atoms with Gasteiger partial charge in [-0.3, -0.25) is 9.69 Å². The highest BCUT2D eigenvalue weighted by atomic mass is 19.1. The molecule has 2 heterocycles. The van der Waals surface area contributed by atoms with E-state index in [1.807, 2.05) is 13.0 Å². The molecule has 6 nitrogen and oxygen atoms in total. The Hall–Kier alpha value is -2.54. The first-order chi connectivity index (χ1) is 12.5. The van der Waals surface area contributed by atoms with Gasteiger partial charge in [-0.15, -0.1) is 0 Å². The molecule has 0 radical (unpaired) electrons. The van der Waals surface area contributed by atoms with Crippen LogP contribution in [0.2, 0.25) is 0 Å². The van der Waals surface area contributed by atoms with Crippen molar-refractivity contribution in [3.05, 3.63) is 54.1 Å². The lowest BCUT2D eigenvalue weighted by molar-refractivity contribution is -0.135. The van der Waals surface area contributed by atoms with Crippen LogP contribution in [0.15, 0.2) is 42.7 Å². The Morgan fingerprint density at radius 1 is 1.19 bits per heavy atom. The van der Waals surface area contributed by atoms with Gasteiger partial charge in [-0.2, -0.15) is 0 Å². The van der Waals surface area contributed by atoms with Crippen molar-refractivity contribution < 1.29 is 9.18 Å². The average Bonchev–Trinajstić information content (AvgIpc) is 2.67. The number of aromatic nitrogens is 2. The fourth-order valence-electron chi connectivity index (χ4n) is 3.23. The van der Waals surface area contributed by atoms with Crippen molar-refractivity contribution in [3.8, 4) is 0 Å². The predicted octanol–water partition coefficient (Wildman–Crippen LogP) is 1.78. The summed E-state index contributed by atoms with van der Waals surface area (Å²) in [5, 5.41) is 0. The van der Waals surface area contributed by atoms with Crippen molar-refractivity contribution in [2.24, 2.45) is 0 Å². The minimum Gasteiger partial charge on any atom is -0.340 e. The van der Waals surface area contributed by atoms with E-state index in [4.69, 9.17) is 0 Å². The number of halogens is 1. The SMILES string of the molecule is C[C@H](C(=O)N(C)Cc1cccc(F)c1)N1CCN(c2ncccn2)CC1. The summed E-state index contributed by atoms with van der Waals surface area (Å²) < 4.78 is 13.3. The number of hydrogen-bond acceptors (Lipinski definition) is 5. The monoisotopic (exact) mass is 357 g/mol. The van der Waals surface area contributed by atoms with E-state index in [1.54, 1.807) is 36.5 Å². The predicted molar refractivity (Wildman–Crippen MR) is 98.2 cm³/mol. The van der Waals surface area contributed by atoms with Crippen molar-refractivity contribution in [2.45, 2.75) is 19.5 Å². The van der Waals surface area contributed by atoms with Gasteiger partial charge in [0.05, 0.1) is 6.04 Å². The van der Waals surface area contributed by atoms with Gasteiger partial charge in [0, 0.05) is 52.2 Å². The van der Waals surface area contributed by atoms with E-state index in [9.17, 15) is 9.18 Å². The summed E-state index contributed by atoms with van der Waals surface area (Å²) in [5.41, 5.74) is 0.791. The molecule has 0 saturated carbocycles. The smallest absolute Gasteiger partial charge is 0.239 e. The Morgan fingerprint density at radius 2 is 1.88 bits per heavy atom. The maximum atomic E-state index is 13.3. The molecule has 1 aliphatic rings. The lowest BCUT2D eigenvalue weighted by Gasteiger charge is -2.38. The molecule has 0 aliphatic carbocycles. The van der Waals surface area contributed by atoms with Gasteiger partial charge in [-0.25, -0.2) is 14.4 Å². The second-order valence-corrected chi connectivity index (χ2v) is 6.57. The number of benzene rings is 1. The van der Waals surface area contributed by atoms with Gasteiger partial charge in [0.25, 0.3) is 0 Å². The Kier molecular flexibility index (Phi) is 5.78. The minimum atomic E-state index is -0.282. The van der Waals surface area contributed by atoms with Crippen molar-refractivity contribution >= 4 is 11.9 Å². The zero-order valence-electron chi connectivity index (χ0n) is 15.2. The van der Waals surface area contributed by atoms with Crippen LogP contribution in [-0.4, -0.2) is 64.9 Å². The Bertz CT molecular complexity index is 734. The van der Waals surface area contributed by atoms with Crippen LogP contribution in [0, 0.1) is 5.82 Å². The van der Waals surface area contributed by atoms with Crippen molar-refractivity contribution in [1.82, 2.24) is 19.8 Å². The first-order valence-electron chi connectivity index (χ1n) is 8.80. The zero-order chi connectivity index (χ0) is 18.5. The molecule has 1 saturated heterocycles. The van der Waals surface area contributed by atoms with Crippen LogP contribution in [0.4, 0.5) is 10.3 Å². The first kappa shape index (κ1) is 18.3. The Labute approximate surface area is 153 Å². The lowest BCUT2D eigenvalue weighted by Crippen LogP contribution is -2.54. The largest absolute Gasteiger partial charge is 0.340 e. The van der Waals surface area contributed by atoms with Gasteiger partial charge >= 0.3 is 0 Å². The van der Waals surface area contributed by atoms with Crippen LogP contribution in [0.3, 0.4) is 0 Å². The molecule has 0 spiro atoms. The molecule has 1 aromatic heterocycles. The second-order valence-electron chi connectivity index (χ2n) is 6.57. The Balaban J connectivity index is 1.54. The third kappa shape index (κ3) is 4.35. The summed E-state index contributed by atoms with van der Waals surface area (Å²) in [6, 6.07) is 7.95. The highest BCUT2D eigenvalue weighted by molar-refractivity contribution is 5.81. The number of carbonyl (C=O) groups excluding carboxylic acids is 1. The van der Waals surface area contributed by atoms with Crippen molar-refractivity contribution in [3.63, 3.8) is 0 Å². The molecule has 1 aromatic carbocycles. The zero-order valence-corrected chi connectivity index (χ0v) is 15.2. The summed E-state index contributed by atoms with van der Waals surface area (Å²) in [5.74, 6) is 0.490. The van der Waals surface area contributed by atoms with E-state index >= 15 is 0 Å². The van der Waals surface area contributed by atoms with Crippen LogP contribution in [-0.2, 0) is 11.3 Å². The molecule has 0 bridgehead atoms. The molecule has 138 valence electrons.